The molecule has 0 aliphatic carbocycles. The number of halogens is 3. The zero-order valence-corrected chi connectivity index (χ0v) is 16.0. The van der Waals surface area contributed by atoms with E-state index in [0.29, 0.717) is 17.1 Å². The first-order valence-corrected chi connectivity index (χ1v) is 8.52. The lowest BCUT2D eigenvalue weighted by atomic mass is 10.1. The lowest BCUT2D eigenvalue weighted by Gasteiger charge is -2.14. The topological polar surface area (TPSA) is 73.9 Å². The Balaban J connectivity index is 1.92. The van der Waals surface area contributed by atoms with Crippen LogP contribution in [0, 0.1) is 0 Å². The van der Waals surface area contributed by atoms with Gasteiger partial charge in [-0.1, -0.05) is 6.07 Å². The first-order valence-electron chi connectivity index (χ1n) is 8.52. The molecule has 2 aromatic carbocycles. The van der Waals surface area contributed by atoms with Gasteiger partial charge in [0.1, 0.15) is 0 Å². The lowest BCUT2D eigenvalue weighted by Crippen LogP contribution is -2.30. The van der Waals surface area contributed by atoms with Crippen molar-refractivity contribution in [1.82, 2.24) is 0 Å². The Labute approximate surface area is 165 Å². The van der Waals surface area contributed by atoms with Crippen molar-refractivity contribution in [3.63, 3.8) is 0 Å². The highest BCUT2D eigenvalue weighted by Crippen LogP contribution is 2.30. The largest absolute Gasteiger partial charge is 0.493 e. The summed E-state index contributed by atoms with van der Waals surface area (Å²) in [4.78, 5) is 24.2. The van der Waals surface area contributed by atoms with E-state index in [1.165, 1.54) is 21.1 Å². The number of benzene rings is 2. The van der Waals surface area contributed by atoms with Crippen molar-refractivity contribution in [3.05, 3.63) is 53.6 Å². The van der Waals surface area contributed by atoms with E-state index in [4.69, 9.17) is 14.2 Å². The number of alkyl halides is 3. The van der Waals surface area contributed by atoms with Crippen molar-refractivity contribution in [2.45, 2.75) is 25.6 Å². The molecule has 1 atom stereocenters. The smallest absolute Gasteiger partial charge is 0.416 e. The number of carbonyl (C=O) groups is 2. The van der Waals surface area contributed by atoms with Gasteiger partial charge in [0.15, 0.2) is 17.6 Å². The van der Waals surface area contributed by atoms with Crippen molar-refractivity contribution in [2.24, 2.45) is 0 Å². The van der Waals surface area contributed by atoms with Gasteiger partial charge in [-0.15, -0.1) is 0 Å². The highest BCUT2D eigenvalue weighted by atomic mass is 19.4. The summed E-state index contributed by atoms with van der Waals surface area (Å²) >= 11 is 0. The van der Waals surface area contributed by atoms with Crippen LogP contribution in [0.1, 0.15) is 18.1 Å². The molecule has 0 bridgehead atoms. The molecule has 0 aliphatic rings. The number of ether oxygens (including phenoxy) is 3. The predicted octanol–water partition coefficient (Wildman–Crippen LogP) is 3.84. The Bertz CT molecular complexity index is 865. The monoisotopic (exact) mass is 411 g/mol. The number of carbonyl (C=O) groups excluding carboxylic acids is 2. The minimum atomic E-state index is -4.46. The fourth-order valence-electron chi connectivity index (χ4n) is 2.44. The molecule has 2 aromatic rings. The molecule has 0 aliphatic heterocycles. The van der Waals surface area contributed by atoms with E-state index in [9.17, 15) is 22.8 Å². The number of anilines is 1. The van der Waals surface area contributed by atoms with E-state index < -0.39 is 29.7 Å². The van der Waals surface area contributed by atoms with Crippen LogP contribution in [0.15, 0.2) is 42.5 Å². The molecule has 1 unspecified atom stereocenters. The fourth-order valence-corrected chi connectivity index (χ4v) is 2.44. The number of rotatable bonds is 7. The third-order valence-electron chi connectivity index (χ3n) is 3.95. The second-order valence-electron chi connectivity index (χ2n) is 6.06. The normalized spacial score (nSPS) is 12.1. The number of methoxy groups -OCH3 is 2. The van der Waals surface area contributed by atoms with Crippen molar-refractivity contribution < 1.29 is 37.0 Å². The van der Waals surface area contributed by atoms with Gasteiger partial charge in [0.25, 0.3) is 5.91 Å². The molecular formula is C20H20F3NO5. The molecule has 0 fully saturated rings. The second-order valence-corrected chi connectivity index (χ2v) is 6.06. The molecule has 1 amide bonds. The molecule has 0 radical (unpaired) electrons. The van der Waals surface area contributed by atoms with E-state index in [0.717, 1.165) is 24.3 Å². The van der Waals surface area contributed by atoms with E-state index in [-0.39, 0.29) is 12.1 Å². The lowest BCUT2D eigenvalue weighted by molar-refractivity contribution is -0.152. The fraction of sp³-hybridized carbons (Fsp3) is 0.300. The average Bonchev–Trinajstić information content (AvgIpc) is 2.67. The summed E-state index contributed by atoms with van der Waals surface area (Å²) in [6.45, 7) is 1.37. The quantitative estimate of drug-likeness (QED) is 0.701. The molecule has 9 heteroatoms. The molecule has 6 nitrogen and oxygen atoms in total. The van der Waals surface area contributed by atoms with Gasteiger partial charge >= 0.3 is 12.1 Å². The van der Waals surface area contributed by atoms with Crippen LogP contribution in [-0.4, -0.2) is 32.2 Å². The minimum Gasteiger partial charge on any atom is -0.493 e. The van der Waals surface area contributed by atoms with Crippen LogP contribution >= 0.6 is 0 Å². The van der Waals surface area contributed by atoms with Gasteiger partial charge in [0, 0.05) is 5.69 Å². The number of hydrogen-bond acceptors (Lipinski definition) is 5. The molecule has 0 aromatic heterocycles. The number of nitrogens with one attached hydrogen (secondary N) is 1. The Morgan fingerprint density at radius 1 is 1.00 bits per heavy atom. The molecule has 0 saturated heterocycles. The Kier molecular flexibility index (Phi) is 7.08. The molecule has 29 heavy (non-hydrogen) atoms. The highest BCUT2D eigenvalue weighted by molar-refractivity contribution is 5.95. The van der Waals surface area contributed by atoms with Crippen molar-refractivity contribution in [1.29, 1.82) is 0 Å². The third-order valence-corrected chi connectivity index (χ3v) is 3.95. The van der Waals surface area contributed by atoms with E-state index in [2.05, 4.69) is 5.32 Å². The van der Waals surface area contributed by atoms with Gasteiger partial charge in [-0.05, 0) is 48.9 Å². The van der Waals surface area contributed by atoms with Gasteiger partial charge < -0.3 is 19.5 Å². The van der Waals surface area contributed by atoms with Gasteiger partial charge in [0.2, 0.25) is 0 Å². The maximum atomic E-state index is 12.6. The molecule has 1 N–H and O–H groups in total. The predicted molar refractivity (Wildman–Crippen MR) is 98.9 cm³/mol. The van der Waals surface area contributed by atoms with Crippen molar-refractivity contribution >= 4 is 17.6 Å². The van der Waals surface area contributed by atoms with Gasteiger partial charge in [-0.25, -0.2) is 0 Å². The Morgan fingerprint density at radius 2 is 1.62 bits per heavy atom. The first-order chi connectivity index (χ1) is 13.6. The SMILES string of the molecule is COc1ccc(CC(=O)OC(C)C(=O)Nc2ccc(C(F)(F)F)cc2)cc1OC. The van der Waals surface area contributed by atoms with Crippen LogP contribution in [0.5, 0.6) is 11.5 Å². The Morgan fingerprint density at radius 3 is 2.17 bits per heavy atom. The van der Waals surface area contributed by atoms with Crippen molar-refractivity contribution in [3.8, 4) is 11.5 Å². The van der Waals surface area contributed by atoms with Crippen LogP contribution in [0.4, 0.5) is 18.9 Å². The average molecular weight is 411 g/mol. The van der Waals surface area contributed by atoms with E-state index in [1.54, 1.807) is 18.2 Å². The maximum absolute atomic E-state index is 12.6. The number of hydrogen-bond donors (Lipinski definition) is 1. The van der Waals surface area contributed by atoms with Gasteiger partial charge in [0.05, 0.1) is 26.2 Å². The minimum absolute atomic E-state index is 0.0990. The zero-order chi connectivity index (χ0) is 21.6. The maximum Gasteiger partial charge on any atom is 0.416 e. The summed E-state index contributed by atoms with van der Waals surface area (Å²) in [7, 11) is 2.95. The molecule has 0 saturated carbocycles. The van der Waals surface area contributed by atoms with Crippen LogP contribution in [-0.2, 0) is 26.9 Å². The summed E-state index contributed by atoms with van der Waals surface area (Å²) in [5.41, 5.74) is -0.0707. The molecule has 2 rings (SSSR count). The molecule has 0 spiro atoms. The summed E-state index contributed by atoms with van der Waals surface area (Å²) in [6.07, 6.45) is -5.70. The number of esters is 1. The van der Waals surface area contributed by atoms with Gasteiger partial charge in [-0.3, -0.25) is 9.59 Å². The summed E-state index contributed by atoms with van der Waals surface area (Å²) < 4.78 is 53.1. The number of amides is 1. The van der Waals surface area contributed by atoms with Crippen LogP contribution < -0.4 is 14.8 Å². The second kappa shape index (κ2) is 9.31. The zero-order valence-electron chi connectivity index (χ0n) is 16.0. The molecule has 156 valence electrons. The molecule has 0 heterocycles. The van der Waals surface area contributed by atoms with Crippen LogP contribution in [0.3, 0.4) is 0 Å². The van der Waals surface area contributed by atoms with Crippen LogP contribution in [0.25, 0.3) is 0 Å². The standard InChI is InChI=1S/C20H20F3NO5/c1-12(19(26)24-15-7-5-14(6-8-15)20(21,22)23)29-18(25)11-13-4-9-16(27-2)17(10-13)28-3/h4-10,12H,11H2,1-3H3,(H,24,26). The first kappa shape index (κ1) is 22.1. The summed E-state index contributed by atoms with van der Waals surface area (Å²) in [5.74, 6) is -0.350. The van der Waals surface area contributed by atoms with E-state index >= 15 is 0 Å². The Hall–Kier alpha value is -3.23. The van der Waals surface area contributed by atoms with Crippen LogP contribution in [0.2, 0.25) is 0 Å². The van der Waals surface area contributed by atoms with E-state index in [1.807, 2.05) is 0 Å². The highest BCUT2D eigenvalue weighted by Gasteiger charge is 2.30. The summed E-state index contributed by atoms with van der Waals surface area (Å²) in [5, 5.41) is 2.40. The summed E-state index contributed by atoms with van der Waals surface area (Å²) in [6, 6.07) is 8.87. The van der Waals surface area contributed by atoms with Crippen molar-refractivity contribution in [2.75, 3.05) is 19.5 Å². The molecular weight excluding hydrogens is 391 g/mol. The third kappa shape index (κ3) is 6.13. The van der Waals surface area contributed by atoms with Gasteiger partial charge in [-0.2, -0.15) is 13.2 Å².